The second kappa shape index (κ2) is 6.73. The molecule has 0 spiro atoms. The monoisotopic (exact) mass is 341 g/mol. The zero-order valence-electron chi connectivity index (χ0n) is 12.6. The van der Waals surface area contributed by atoms with Gasteiger partial charge in [0.1, 0.15) is 6.54 Å². The molecule has 2 aromatic rings. The van der Waals surface area contributed by atoms with Crippen LogP contribution in [0.25, 0.3) is 0 Å². The van der Waals surface area contributed by atoms with Gasteiger partial charge >= 0.3 is 11.9 Å². The Hall–Kier alpha value is -2.84. The Balaban J connectivity index is 2.09. The van der Waals surface area contributed by atoms with Crippen LogP contribution in [0.1, 0.15) is 24.1 Å². The first kappa shape index (κ1) is 17.5. The number of alkyl halides is 3. The van der Waals surface area contributed by atoms with E-state index in [0.717, 1.165) is 29.0 Å². The average Bonchev–Trinajstić information content (AvgIpc) is 2.49. The predicted octanol–water partition coefficient (Wildman–Crippen LogP) is 1.43. The van der Waals surface area contributed by atoms with E-state index < -0.39 is 34.9 Å². The summed E-state index contributed by atoms with van der Waals surface area (Å²) in [6, 6.07) is 5.03. The van der Waals surface area contributed by atoms with Crippen molar-refractivity contribution in [2.75, 3.05) is 0 Å². The standard InChI is InChI=1S/C15H14F3N3O3/c1-9(10-3-2-4-11(7-10)15(16,17)18)19-13(23)8-21-6-5-12(22)20-14(21)24/h2-7,9H,8H2,1H3,(H,19,23)(H,20,22,24). The van der Waals surface area contributed by atoms with E-state index in [0.29, 0.717) is 0 Å². The molecular formula is C15H14F3N3O3. The highest BCUT2D eigenvalue weighted by molar-refractivity contribution is 5.76. The van der Waals surface area contributed by atoms with Crippen molar-refractivity contribution in [3.05, 3.63) is 68.5 Å². The van der Waals surface area contributed by atoms with E-state index in [9.17, 15) is 27.6 Å². The van der Waals surface area contributed by atoms with Crippen LogP contribution in [0.3, 0.4) is 0 Å². The van der Waals surface area contributed by atoms with Crippen LogP contribution in [0.5, 0.6) is 0 Å². The fraction of sp³-hybridized carbons (Fsp3) is 0.267. The molecule has 6 nitrogen and oxygen atoms in total. The van der Waals surface area contributed by atoms with Crippen LogP contribution in [0, 0.1) is 0 Å². The average molecular weight is 341 g/mol. The molecule has 0 aliphatic carbocycles. The number of rotatable bonds is 4. The molecule has 2 rings (SSSR count). The van der Waals surface area contributed by atoms with Gasteiger partial charge in [-0.2, -0.15) is 13.2 Å². The molecule has 0 bridgehead atoms. The van der Waals surface area contributed by atoms with Crippen molar-refractivity contribution in [2.24, 2.45) is 0 Å². The summed E-state index contributed by atoms with van der Waals surface area (Å²) in [5.74, 6) is -0.575. The molecule has 0 radical (unpaired) electrons. The number of nitrogens with one attached hydrogen (secondary N) is 2. The highest BCUT2D eigenvalue weighted by Crippen LogP contribution is 2.30. The predicted molar refractivity (Wildman–Crippen MR) is 79.3 cm³/mol. The topological polar surface area (TPSA) is 84.0 Å². The first-order valence-electron chi connectivity index (χ1n) is 6.93. The minimum atomic E-state index is -4.47. The Kier molecular flexibility index (Phi) is 4.91. The number of hydrogen-bond acceptors (Lipinski definition) is 3. The number of halogens is 3. The second-order valence-electron chi connectivity index (χ2n) is 5.15. The van der Waals surface area contributed by atoms with E-state index in [2.05, 4.69) is 5.32 Å². The molecule has 1 atom stereocenters. The van der Waals surface area contributed by atoms with Crippen LogP contribution in [0.2, 0.25) is 0 Å². The van der Waals surface area contributed by atoms with Gasteiger partial charge in [-0.25, -0.2) is 4.79 Å². The number of H-pyrrole nitrogens is 1. The lowest BCUT2D eigenvalue weighted by molar-refractivity contribution is -0.137. The summed E-state index contributed by atoms with van der Waals surface area (Å²) in [6.45, 7) is 1.17. The number of carbonyl (C=O) groups is 1. The van der Waals surface area contributed by atoms with Crippen LogP contribution in [0.4, 0.5) is 13.2 Å². The van der Waals surface area contributed by atoms with Crippen molar-refractivity contribution in [1.29, 1.82) is 0 Å². The summed E-state index contributed by atoms with van der Waals surface area (Å²) >= 11 is 0. The summed E-state index contributed by atoms with van der Waals surface area (Å²) in [5.41, 5.74) is -1.86. The van der Waals surface area contributed by atoms with E-state index in [1.807, 2.05) is 4.98 Å². The van der Waals surface area contributed by atoms with Crippen LogP contribution < -0.4 is 16.6 Å². The third-order valence-electron chi connectivity index (χ3n) is 3.30. The van der Waals surface area contributed by atoms with Crippen LogP contribution >= 0.6 is 0 Å². The summed E-state index contributed by atoms with van der Waals surface area (Å²) < 4.78 is 39.1. The zero-order chi connectivity index (χ0) is 17.9. The maximum absolute atomic E-state index is 12.7. The lowest BCUT2D eigenvalue weighted by Gasteiger charge is -2.16. The van der Waals surface area contributed by atoms with Gasteiger partial charge in [0.25, 0.3) is 5.56 Å². The SMILES string of the molecule is CC(NC(=O)Cn1ccc(=O)[nH]c1=O)c1cccc(C(F)(F)F)c1. The van der Waals surface area contributed by atoms with E-state index in [-0.39, 0.29) is 12.1 Å². The summed E-state index contributed by atoms with van der Waals surface area (Å²) in [4.78, 5) is 36.4. The Morgan fingerprint density at radius 2 is 2.00 bits per heavy atom. The summed E-state index contributed by atoms with van der Waals surface area (Å²) in [7, 11) is 0. The number of amides is 1. The highest BCUT2D eigenvalue weighted by Gasteiger charge is 2.30. The van der Waals surface area contributed by atoms with Crippen molar-refractivity contribution in [1.82, 2.24) is 14.9 Å². The van der Waals surface area contributed by atoms with Gasteiger partial charge in [0.15, 0.2) is 0 Å². The smallest absolute Gasteiger partial charge is 0.348 e. The molecule has 1 amide bonds. The molecule has 9 heteroatoms. The number of nitrogens with zero attached hydrogens (tertiary/aromatic N) is 1. The Bertz CT molecular complexity index is 855. The third-order valence-corrected chi connectivity index (χ3v) is 3.30. The number of hydrogen-bond donors (Lipinski definition) is 2. The van der Waals surface area contributed by atoms with E-state index in [4.69, 9.17) is 0 Å². The molecule has 128 valence electrons. The highest BCUT2D eigenvalue weighted by atomic mass is 19.4. The first-order valence-corrected chi connectivity index (χ1v) is 6.93. The maximum Gasteiger partial charge on any atom is 0.416 e. The van der Waals surface area contributed by atoms with Gasteiger partial charge in [-0.05, 0) is 24.6 Å². The minimum absolute atomic E-state index is 0.284. The van der Waals surface area contributed by atoms with E-state index in [1.165, 1.54) is 19.1 Å². The fourth-order valence-corrected chi connectivity index (χ4v) is 2.08. The minimum Gasteiger partial charge on any atom is -0.348 e. The Morgan fingerprint density at radius 1 is 1.29 bits per heavy atom. The lowest BCUT2D eigenvalue weighted by Crippen LogP contribution is -2.36. The van der Waals surface area contributed by atoms with Crippen LogP contribution in [0.15, 0.2) is 46.1 Å². The molecular weight excluding hydrogens is 327 g/mol. The molecule has 0 aliphatic rings. The zero-order valence-corrected chi connectivity index (χ0v) is 12.6. The van der Waals surface area contributed by atoms with Gasteiger partial charge < -0.3 is 5.32 Å². The number of aromatic nitrogens is 2. The molecule has 2 N–H and O–H groups in total. The van der Waals surface area contributed by atoms with Gasteiger partial charge in [0, 0.05) is 12.3 Å². The lowest BCUT2D eigenvalue weighted by atomic mass is 10.0. The van der Waals surface area contributed by atoms with Crippen molar-refractivity contribution in [3.8, 4) is 0 Å². The molecule has 1 unspecified atom stereocenters. The third kappa shape index (κ3) is 4.34. The van der Waals surface area contributed by atoms with Crippen LogP contribution in [-0.2, 0) is 17.5 Å². The molecule has 0 saturated heterocycles. The van der Waals surface area contributed by atoms with Crippen molar-refractivity contribution in [2.45, 2.75) is 25.7 Å². The van der Waals surface area contributed by atoms with Gasteiger partial charge in [-0.15, -0.1) is 0 Å². The molecule has 1 heterocycles. The van der Waals surface area contributed by atoms with E-state index >= 15 is 0 Å². The number of aromatic amines is 1. The van der Waals surface area contributed by atoms with Crippen molar-refractivity contribution >= 4 is 5.91 Å². The maximum atomic E-state index is 12.7. The van der Waals surface area contributed by atoms with Gasteiger partial charge in [0.05, 0.1) is 11.6 Å². The summed E-state index contributed by atoms with van der Waals surface area (Å²) in [5, 5.41) is 2.51. The van der Waals surface area contributed by atoms with E-state index in [1.54, 1.807) is 0 Å². The van der Waals surface area contributed by atoms with Crippen LogP contribution in [-0.4, -0.2) is 15.5 Å². The van der Waals surface area contributed by atoms with Gasteiger partial charge in [-0.1, -0.05) is 12.1 Å². The van der Waals surface area contributed by atoms with Crippen molar-refractivity contribution < 1.29 is 18.0 Å². The molecule has 0 aliphatic heterocycles. The summed E-state index contributed by atoms with van der Waals surface area (Å²) in [6.07, 6.45) is -3.31. The van der Waals surface area contributed by atoms with Crippen molar-refractivity contribution in [3.63, 3.8) is 0 Å². The Morgan fingerprint density at radius 3 is 2.62 bits per heavy atom. The first-order chi connectivity index (χ1) is 11.2. The molecule has 0 fully saturated rings. The second-order valence-corrected chi connectivity index (χ2v) is 5.15. The quantitative estimate of drug-likeness (QED) is 0.882. The molecule has 0 saturated carbocycles. The molecule has 24 heavy (non-hydrogen) atoms. The molecule has 1 aromatic heterocycles. The normalized spacial score (nSPS) is 12.7. The number of carbonyl (C=O) groups excluding carboxylic acids is 1. The fourth-order valence-electron chi connectivity index (χ4n) is 2.08. The largest absolute Gasteiger partial charge is 0.416 e. The molecule has 1 aromatic carbocycles. The number of benzene rings is 1. The van der Waals surface area contributed by atoms with Gasteiger partial charge in [-0.3, -0.25) is 19.1 Å². The van der Waals surface area contributed by atoms with Gasteiger partial charge in [0.2, 0.25) is 5.91 Å². The Labute approximate surface area is 133 Å².